The molecule has 0 radical (unpaired) electrons. The summed E-state index contributed by atoms with van der Waals surface area (Å²) in [4.78, 5) is 10.7. The van der Waals surface area contributed by atoms with Crippen molar-refractivity contribution >= 4 is 22.2 Å². The Balaban J connectivity index is 3.47. The number of benzene rings is 1. The van der Waals surface area contributed by atoms with Crippen LogP contribution >= 0.6 is 15.9 Å². The van der Waals surface area contributed by atoms with Gasteiger partial charge >= 0.3 is 0 Å². The number of methoxy groups -OCH3 is 1. The third-order valence-electron chi connectivity index (χ3n) is 2.03. The number of aryl methyl sites for hydroxylation is 1. The standard InChI is InChI=1S/C10H11BrO2/c1-6-4-9(11)8(5-12)7(2)10(6)13-3/h4-5H,1-3H3. The number of hydrogen-bond donors (Lipinski definition) is 0. The van der Waals surface area contributed by atoms with Crippen molar-refractivity contribution in [2.45, 2.75) is 13.8 Å². The number of carbonyl (C=O) groups excluding carboxylic acids is 1. The summed E-state index contributed by atoms with van der Waals surface area (Å²) in [6.07, 6.45) is 0.835. The molecule has 0 unspecified atom stereocenters. The third kappa shape index (κ3) is 1.75. The van der Waals surface area contributed by atoms with Gasteiger partial charge in [-0.15, -0.1) is 0 Å². The predicted molar refractivity (Wildman–Crippen MR) is 55.6 cm³/mol. The zero-order chi connectivity index (χ0) is 10.0. The van der Waals surface area contributed by atoms with Gasteiger partial charge in [0, 0.05) is 15.6 Å². The highest BCUT2D eigenvalue weighted by atomic mass is 79.9. The molecule has 3 heteroatoms. The Morgan fingerprint density at radius 1 is 1.46 bits per heavy atom. The van der Waals surface area contributed by atoms with Crippen LogP contribution in [0.15, 0.2) is 10.5 Å². The highest BCUT2D eigenvalue weighted by Crippen LogP contribution is 2.30. The van der Waals surface area contributed by atoms with Crippen LogP contribution in [-0.4, -0.2) is 13.4 Å². The minimum atomic E-state index is 0.655. The summed E-state index contributed by atoms with van der Waals surface area (Å²) >= 11 is 3.33. The number of halogens is 1. The fourth-order valence-corrected chi connectivity index (χ4v) is 2.12. The Morgan fingerprint density at radius 2 is 2.08 bits per heavy atom. The average molecular weight is 243 g/mol. The van der Waals surface area contributed by atoms with Gasteiger partial charge in [0.1, 0.15) is 5.75 Å². The molecule has 0 saturated heterocycles. The first kappa shape index (κ1) is 10.3. The SMILES string of the molecule is COc1c(C)cc(Br)c(C=O)c1C. The van der Waals surface area contributed by atoms with E-state index < -0.39 is 0 Å². The molecule has 0 saturated carbocycles. The molecule has 70 valence electrons. The van der Waals surface area contributed by atoms with Gasteiger partial charge in [0.15, 0.2) is 6.29 Å². The van der Waals surface area contributed by atoms with Crippen LogP contribution in [0.2, 0.25) is 0 Å². The second-order valence-electron chi connectivity index (χ2n) is 2.87. The van der Waals surface area contributed by atoms with Crippen LogP contribution in [0.3, 0.4) is 0 Å². The fourth-order valence-electron chi connectivity index (χ4n) is 1.39. The molecule has 0 aliphatic heterocycles. The van der Waals surface area contributed by atoms with E-state index in [1.165, 1.54) is 0 Å². The van der Waals surface area contributed by atoms with Crippen LogP contribution in [0.25, 0.3) is 0 Å². The van der Waals surface area contributed by atoms with E-state index in [4.69, 9.17) is 4.74 Å². The van der Waals surface area contributed by atoms with E-state index in [1.807, 2.05) is 19.9 Å². The molecule has 0 fully saturated rings. The van der Waals surface area contributed by atoms with Gasteiger partial charge in [0.25, 0.3) is 0 Å². The van der Waals surface area contributed by atoms with E-state index in [1.54, 1.807) is 7.11 Å². The van der Waals surface area contributed by atoms with Gasteiger partial charge in [-0.25, -0.2) is 0 Å². The highest BCUT2D eigenvalue weighted by molar-refractivity contribution is 9.10. The Bertz CT molecular complexity index is 345. The van der Waals surface area contributed by atoms with Crippen LogP contribution in [0, 0.1) is 13.8 Å². The molecule has 0 aliphatic rings. The maximum absolute atomic E-state index is 10.7. The van der Waals surface area contributed by atoms with Crippen molar-refractivity contribution in [2.24, 2.45) is 0 Å². The van der Waals surface area contributed by atoms with Crippen molar-refractivity contribution in [3.8, 4) is 5.75 Å². The molecule has 0 heterocycles. The van der Waals surface area contributed by atoms with Crippen LogP contribution < -0.4 is 4.74 Å². The maximum atomic E-state index is 10.7. The van der Waals surface area contributed by atoms with Gasteiger partial charge in [0.2, 0.25) is 0 Å². The number of carbonyl (C=O) groups is 1. The summed E-state index contributed by atoms with van der Waals surface area (Å²) in [6, 6.07) is 1.88. The van der Waals surface area contributed by atoms with E-state index in [-0.39, 0.29) is 0 Å². The molecule has 0 aliphatic carbocycles. The molecular formula is C10H11BrO2. The van der Waals surface area contributed by atoms with E-state index in [9.17, 15) is 4.79 Å². The second-order valence-corrected chi connectivity index (χ2v) is 3.72. The molecular weight excluding hydrogens is 232 g/mol. The first-order valence-corrected chi connectivity index (χ1v) is 4.70. The number of ether oxygens (including phenoxy) is 1. The maximum Gasteiger partial charge on any atom is 0.151 e. The zero-order valence-electron chi connectivity index (χ0n) is 7.85. The number of aldehydes is 1. The summed E-state index contributed by atoms with van der Waals surface area (Å²) in [5.41, 5.74) is 2.56. The average Bonchev–Trinajstić information content (AvgIpc) is 2.04. The van der Waals surface area contributed by atoms with Crippen molar-refractivity contribution in [3.63, 3.8) is 0 Å². The monoisotopic (exact) mass is 242 g/mol. The van der Waals surface area contributed by atoms with E-state index in [0.29, 0.717) is 5.56 Å². The van der Waals surface area contributed by atoms with Crippen LogP contribution in [0.1, 0.15) is 21.5 Å². The van der Waals surface area contributed by atoms with E-state index in [0.717, 1.165) is 27.6 Å². The Morgan fingerprint density at radius 3 is 2.54 bits per heavy atom. The lowest BCUT2D eigenvalue weighted by molar-refractivity contribution is 0.112. The van der Waals surface area contributed by atoms with Gasteiger partial charge in [-0.2, -0.15) is 0 Å². The largest absolute Gasteiger partial charge is 0.496 e. The molecule has 1 rings (SSSR count). The Labute approximate surface area is 86.0 Å². The quantitative estimate of drug-likeness (QED) is 0.746. The van der Waals surface area contributed by atoms with Crippen molar-refractivity contribution in [3.05, 3.63) is 27.2 Å². The van der Waals surface area contributed by atoms with Crippen molar-refractivity contribution in [1.82, 2.24) is 0 Å². The molecule has 2 nitrogen and oxygen atoms in total. The topological polar surface area (TPSA) is 26.3 Å². The summed E-state index contributed by atoms with van der Waals surface area (Å²) in [6.45, 7) is 3.82. The minimum Gasteiger partial charge on any atom is -0.496 e. The minimum absolute atomic E-state index is 0.655. The van der Waals surface area contributed by atoms with Crippen molar-refractivity contribution in [2.75, 3.05) is 7.11 Å². The van der Waals surface area contributed by atoms with Crippen LogP contribution in [-0.2, 0) is 0 Å². The lowest BCUT2D eigenvalue weighted by Crippen LogP contribution is -1.96. The molecule has 0 N–H and O–H groups in total. The van der Waals surface area contributed by atoms with Crippen molar-refractivity contribution in [1.29, 1.82) is 0 Å². The lowest BCUT2D eigenvalue weighted by atomic mass is 10.1. The molecule has 13 heavy (non-hydrogen) atoms. The molecule has 0 atom stereocenters. The third-order valence-corrected chi connectivity index (χ3v) is 2.68. The van der Waals surface area contributed by atoms with Crippen LogP contribution in [0.5, 0.6) is 5.75 Å². The van der Waals surface area contributed by atoms with Gasteiger partial charge < -0.3 is 4.74 Å². The summed E-state index contributed by atoms with van der Waals surface area (Å²) in [5, 5.41) is 0. The number of rotatable bonds is 2. The summed E-state index contributed by atoms with van der Waals surface area (Å²) in [5.74, 6) is 0.783. The first-order chi connectivity index (χ1) is 6.11. The fraction of sp³-hybridized carbons (Fsp3) is 0.300. The van der Waals surface area contributed by atoms with Gasteiger partial charge in [-0.05, 0) is 25.5 Å². The predicted octanol–water partition coefficient (Wildman–Crippen LogP) is 2.89. The van der Waals surface area contributed by atoms with Crippen molar-refractivity contribution < 1.29 is 9.53 Å². The van der Waals surface area contributed by atoms with Gasteiger partial charge in [0.05, 0.1) is 7.11 Å². The van der Waals surface area contributed by atoms with Gasteiger partial charge in [-0.3, -0.25) is 4.79 Å². The molecule has 1 aromatic rings. The van der Waals surface area contributed by atoms with E-state index in [2.05, 4.69) is 15.9 Å². The number of hydrogen-bond acceptors (Lipinski definition) is 2. The lowest BCUT2D eigenvalue weighted by Gasteiger charge is -2.11. The molecule has 0 amide bonds. The molecule has 0 aromatic heterocycles. The first-order valence-electron chi connectivity index (χ1n) is 3.90. The Kier molecular flexibility index (Phi) is 3.09. The van der Waals surface area contributed by atoms with Gasteiger partial charge in [-0.1, -0.05) is 15.9 Å². The highest BCUT2D eigenvalue weighted by Gasteiger charge is 2.10. The summed E-state index contributed by atoms with van der Waals surface area (Å²) < 4.78 is 6.01. The molecule has 1 aromatic carbocycles. The van der Waals surface area contributed by atoms with E-state index >= 15 is 0 Å². The Hall–Kier alpha value is -0.830. The summed E-state index contributed by atoms with van der Waals surface area (Å²) in [7, 11) is 1.61. The smallest absolute Gasteiger partial charge is 0.151 e. The zero-order valence-corrected chi connectivity index (χ0v) is 9.44. The van der Waals surface area contributed by atoms with Crippen LogP contribution in [0.4, 0.5) is 0 Å². The second kappa shape index (κ2) is 3.92. The molecule has 0 spiro atoms. The normalized spacial score (nSPS) is 9.85. The molecule has 0 bridgehead atoms.